The molecule has 1 atom stereocenters. The van der Waals surface area contributed by atoms with Crippen molar-refractivity contribution in [1.29, 1.82) is 0 Å². The standard InChI is InChI=1S/C4H9FN.K/c1-4(6)2-3-5;/h4,6H,2-3H2,1H3;/q-1;+1. The van der Waals surface area contributed by atoms with Crippen LogP contribution in [0.15, 0.2) is 0 Å². The van der Waals surface area contributed by atoms with Crippen molar-refractivity contribution in [2.24, 2.45) is 0 Å². The second-order valence-electron chi connectivity index (χ2n) is 1.38. The molecule has 0 aromatic heterocycles. The van der Waals surface area contributed by atoms with Gasteiger partial charge >= 0.3 is 51.4 Å². The van der Waals surface area contributed by atoms with Crippen LogP contribution in [0.2, 0.25) is 0 Å². The molecule has 3 heteroatoms. The van der Waals surface area contributed by atoms with Gasteiger partial charge in [0.2, 0.25) is 0 Å². The maximum atomic E-state index is 11.1. The molecule has 0 aliphatic carbocycles. The van der Waals surface area contributed by atoms with Crippen LogP contribution in [0, 0.1) is 0 Å². The molecule has 38 valence electrons. The maximum Gasteiger partial charge on any atom is 1.00 e. The topological polar surface area (TPSA) is 23.8 Å². The van der Waals surface area contributed by atoms with E-state index < -0.39 is 0 Å². The van der Waals surface area contributed by atoms with Crippen LogP contribution in [0.25, 0.3) is 5.73 Å². The third-order valence-electron chi connectivity index (χ3n) is 0.542. The molecule has 0 aliphatic rings. The van der Waals surface area contributed by atoms with Crippen molar-refractivity contribution in [1.82, 2.24) is 0 Å². The first-order chi connectivity index (χ1) is 2.77. The summed E-state index contributed by atoms with van der Waals surface area (Å²) in [6, 6.07) is -0.227. The van der Waals surface area contributed by atoms with E-state index in [9.17, 15) is 4.39 Å². The molecule has 0 radical (unpaired) electrons. The van der Waals surface area contributed by atoms with Crippen LogP contribution >= 0.6 is 0 Å². The molecule has 1 unspecified atom stereocenters. The molecule has 0 fully saturated rings. The molecule has 7 heavy (non-hydrogen) atoms. The smallest absolute Gasteiger partial charge is 0.675 e. The summed E-state index contributed by atoms with van der Waals surface area (Å²) in [6.07, 6.45) is 0.375. The van der Waals surface area contributed by atoms with Crippen LogP contribution in [0.5, 0.6) is 0 Å². The maximum absolute atomic E-state index is 11.1. The van der Waals surface area contributed by atoms with Crippen molar-refractivity contribution in [3.05, 3.63) is 5.73 Å². The summed E-state index contributed by atoms with van der Waals surface area (Å²) >= 11 is 0. The number of halogens is 1. The minimum atomic E-state index is -0.356. The van der Waals surface area contributed by atoms with E-state index in [0.29, 0.717) is 6.42 Å². The minimum absolute atomic E-state index is 0. The van der Waals surface area contributed by atoms with Gasteiger partial charge < -0.3 is 5.73 Å². The van der Waals surface area contributed by atoms with Gasteiger partial charge in [-0.1, -0.05) is 6.92 Å². The Bertz CT molecular complexity index is 32.9. The van der Waals surface area contributed by atoms with Crippen molar-refractivity contribution in [2.75, 3.05) is 6.67 Å². The molecule has 0 rings (SSSR count). The fraction of sp³-hybridized carbons (Fsp3) is 1.00. The van der Waals surface area contributed by atoms with Crippen LogP contribution in [-0.2, 0) is 0 Å². The molecule has 1 nitrogen and oxygen atoms in total. The predicted octanol–water partition coefficient (Wildman–Crippen LogP) is -1.21. The molecular weight excluding hydrogens is 120 g/mol. The zero-order valence-corrected chi connectivity index (χ0v) is 7.99. The number of nitrogens with one attached hydrogen (secondary N) is 1. The van der Waals surface area contributed by atoms with E-state index >= 15 is 0 Å². The summed E-state index contributed by atoms with van der Waals surface area (Å²) < 4.78 is 11.1. The first-order valence-corrected chi connectivity index (χ1v) is 2.04. The van der Waals surface area contributed by atoms with Gasteiger partial charge in [0.05, 0.1) is 6.67 Å². The molecule has 1 N–H and O–H groups in total. The third-order valence-corrected chi connectivity index (χ3v) is 0.542. The molecule has 0 saturated heterocycles. The Morgan fingerprint density at radius 2 is 2.14 bits per heavy atom. The van der Waals surface area contributed by atoms with Gasteiger partial charge in [0.25, 0.3) is 0 Å². The van der Waals surface area contributed by atoms with Gasteiger partial charge in [0.15, 0.2) is 0 Å². The Labute approximate surface area is 86.3 Å². The Morgan fingerprint density at radius 1 is 1.71 bits per heavy atom. The van der Waals surface area contributed by atoms with E-state index in [-0.39, 0.29) is 64.1 Å². The quantitative estimate of drug-likeness (QED) is 0.418. The Morgan fingerprint density at radius 3 is 2.14 bits per heavy atom. The summed E-state index contributed by atoms with van der Waals surface area (Å²) in [6.45, 7) is 1.32. The Kier molecular flexibility index (Phi) is 12.2. The Balaban J connectivity index is 0. The summed E-state index contributed by atoms with van der Waals surface area (Å²) in [5, 5.41) is 0. The van der Waals surface area contributed by atoms with Gasteiger partial charge in [-0.25, -0.2) is 0 Å². The number of hydrogen-bond acceptors (Lipinski definition) is 0. The van der Waals surface area contributed by atoms with Crippen LogP contribution < -0.4 is 51.4 Å². The minimum Gasteiger partial charge on any atom is -0.675 e. The zero-order chi connectivity index (χ0) is 4.99. The normalized spacial score (nSPS) is 12.4. The fourth-order valence-electron chi connectivity index (χ4n) is 0.164. The van der Waals surface area contributed by atoms with Crippen molar-refractivity contribution in [3.8, 4) is 0 Å². The SMILES string of the molecule is CC([NH-])CCF.[K+]. The van der Waals surface area contributed by atoms with Gasteiger partial charge in [-0.3, -0.25) is 4.39 Å². The third kappa shape index (κ3) is 11.2. The van der Waals surface area contributed by atoms with Crippen molar-refractivity contribution in [2.45, 2.75) is 19.4 Å². The molecule has 0 aliphatic heterocycles. The molecule has 0 spiro atoms. The summed E-state index contributed by atoms with van der Waals surface area (Å²) in [7, 11) is 0. The molecule has 0 aromatic carbocycles. The van der Waals surface area contributed by atoms with E-state index in [4.69, 9.17) is 5.73 Å². The molecule has 0 aromatic rings. The number of rotatable bonds is 2. The average molecular weight is 129 g/mol. The van der Waals surface area contributed by atoms with Gasteiger partial charge in [0, 0.05) is 0 Å². The fourth-order valence-corrected chi connectivity index (χ4v) is 0.164. The van der Waals surface area contributed by atoms with Crippen LogP contribution in [0.1, 0.15) is 13.3 Å². The second kappa shape index (κ2) is 7.53. The predicted molar refractivity (Wildman–Crippen MR) is 24.4 cm³/mol. The van der Waals surface area contributed by atoms with Gasteiger partial charge in [-0.05, 0) is 6.42 Å². The average Bonchev–Trinajstić information content (AvgIpc) is 1.35. The number of hydrogen-bond donors (Lipinski definition) is 0. The first kappa shape index (κ1) is 11.3. The summed E-state index contributed by atoms with van der Waals surface area (Å²) in [4.78, 5) is 0. The molecule has 0 amide bonds. The monoisotopic (exact) mass is 129 g/mol. The van der Waals surface area contributed by atoms with Gasteiger partial charge in [-0.15, -0.1) is 6.04 Å². The van der Waals surface area contributed by atoms with Crippen molar-refractivity contribution >= 4 is 0 Å². The largest absolute Gasteiger partial charge is 1.00 e. The molecule has 0 saturated carbocycles. The zero-order valence-electron chi connectivity index (χ0n) is 4.87. The van der Waals surface area contributed by atoms with Crippen LogP contribution in [0.4, 0.5) is 4.39 Å². The summed E-state index contributed by atoms with van der Waals surface area (Å²) in [5.74, 6) is 0. The van der Waals surface area contributed by atoms with E-state index in [1.165, 1.54) is 0 Å². The van der Waals surface area contributed by atoms with E-state index in [1.54, 1.807) is 6.92 Å². The summed E-state index contributed by atoms with van der Waals surface area (Å²) in [5.41, 5.74) is 6.74. The van der Waals surface area contributed by atoms with E-state index in [2.05, 4.69) is 0 Å². The van der Waals surface area contributed by atoms with Crippen molar-refractivity contribution in [3.63, 3.8) is 0 Å². The number of alkyl halides is 1. The molecule has 0 heterocycles. The van der Waals surface area contributed by atoms with Crippen LogP contribution in [0.3, 0.4) is 0 Å². The molecular formula is C4H9FKN. The Hall–Kier alpha value is 1.53. The second-order valence-corrected chi connectivity index (χ2v) is 1.38. The molecule has 0 bridgehead atoms. The first-order valence-electron chi connectivity index (χ1n) is 2.04. The van der Waals surface area contributed by atoms with Gasteiger partial charge in [-0.2, -0.15) is 0 Å². The van der Waals surface area contributed by atoms with Crippen molar-refractivity contribution < 1.29 is 55.8 Å². The van der Waals surface area contributed by atoms with E-state index in [1.807, 2.05) is 0 Å². The van der Waals surface area contributed by atoms with Gasteiger partial charge in [0.1, 0.15) is 0 Å². The van der Waals surface area contributed by atoms with Crippen LogP contribution in [-0.4, -0.2) is 12.7 Å². The van der Waals surface area contributed by atoms with E-state index in [0.717, 1.165) is 0 Å².